The Hall–Kier alpha value is -1.55. The van der Waals surface area contributed by atoms with Gasteiger partial charge >= 0.3 is 0 Å². The van der Waals surface area contributed by atoms with E-state index in [-0.39, 0.29) is 5.91 Å². The van der Waals surface area contributed by atoms with Crippen molar-refractivity contribution in [1.29, 1.82) is 0 Å². The van der Waals surface area contributed by atoms with E-state index in [9.17, 15) is 4.79 Å². The maximum absolute atomic E-state index is 12.3. The molecule has 1 aromatic rings. The van der Waals surface area contributed by atoms with Crippen LogP contribution in [0.2, 0.25) is 0 Å². The Balaban J connectivity index is 1.50. The van der Waals surface area contributed by atoms with E-state index >= 15 is 0 Å². The Morgan fingerprint density at radius 1 is 1.00 bits per heavy atom. The zero-order valence-corrected chi connectivity index (χ0v) is 14.6. The first-order valence-electron chi connectivity index (χ1n) is 9.54. The van der Waals surface area contributed by atoms with Gasteiger partial charge in [0, 0.05) is 37.5 Å². The first kappa shape index (κ1) is 17.3. The molecule has 0 aromatic heterocycles. The SMILES string of the molecule is O=C(CC1CCCCCC1)Nc1ccc(N2CCCOCC2)cc1. The number of anilines is 2. The van der Waals surface area contributed by atoms with Crippen LogP contribution < -0.4 is 10.2 Å². The Bertz CT molecular complexity index is 499. The summed E-state index contributed by atoms with van der Waals surface area (Å²) in [6.07, 6.45) is 9.40. The molecule has 0 spiro atoms. The van der Waals surface area contributed by atoms with E-state index < -0.39 is 0 Å². The van der Waals surface area contributed by atoms with Crippen LogP contribution in [0.1, 0.15) is 51.4 Å². The summed E-state index contributed by atoms with van der Waals surface area (Å²) < 4.78 is 5.50. The lowest BCUT2D eigenvalue weighted by atomic mass is 9.96. The van der Waals surface area contributed by atoms with Crippen molar-refractivity contribution in [3.8, 4) is 0 Å². The summed E-state index contributed by atoms with van der Waals surface area (Å²) >= 11 is 0. The van der Waals surface area contributed by atoms with E-state index in [2.05, 4.69) is 22.3 Å². The molecule has 2 fully saturated rings. The molecule has 0 unspecified atom stereocenters. The van der Waals surface area contributed by atoms with Crippen molar-refractivity contribution in [2.45, 2.75) is 51.4 Å². The average Bonchev–Trinajstić information content (AvgIpc) is 3.00. The Morgan fingerprint density at radius 2 is 1.75 bits per heavy atom. The predicted octanol–water partition coefficient (Wildman–Crippen LogP) is 4.21. The van der Waals surface area contributed by atoms with Gasteiger partial charge in [0.2, 0.25) is 5.91 Å². The van der Waals surface area contributed by atoms with Gasteiger partial charge < -0.3 is 15.0 Å². The number of amides is 1. The standard InChI is InChI=1S/C20H30N2O2/c23-20(16-17-6-3-1-2-4-7-17)21-18-8-10-19(11-9-18)22-12-5-14-24-15-13-22/h8-11,17H,1-7,12-16H2,(H,21,23). The number of benzene rings is 1. The molecule has 1 saturated carbocycles. The van der Waals surface area contributed by atoms with Gasteiger partial charge in [0.15, 0.2) is 0 Å². The molecule has 4 nitrogen and oxygen atoms in total. The van der Waals surface area contributed by atoms with Gasteiger partial charge in [-0.25, -0.2) is 0 Å². The minimum absolute atomic E-state index is 0.165. The number of nitrogens with zero attached hydrogens (tertiary/aromatic N) is 1. The largest absolute Gasteiger partial charge is 0.380 e. The predicted molar refractivity (Wildman–Crippen MR) is 98.5 cm³/mol. The highest BCUT2D eigenvalue weighted by atomic mass is 16.5. The molecule has 0 atom stereocenters. The minimum Gasteiger partial charge on any atom is -0.380 e. The molecule has 1 aromatic carbocycles. The molecule has 1 heterocycles. The number of carbonyl (C=O) groups is 1. The van der Waals surface area contributed by atoms with Gasteiger partial charge in [-0.2, -0.15) is 0 Å². The molecule has 0 bridgehead atoms. The van der Waals surface area contributed by atoms with Gasteiger partial charge in [0.1, 0.15) is 0 Å². The molecule has 1 saturated heterocycles. The fourth-order valence-corrected chi connectivity index (χ4v) is 3.80. The second kappa shape index (κ2) is 9.07. The summed E-state index contributed by atoms with van der Waals surface area (Å²) in [5.41, 5.74) is 2.12. The van der Waals surface area contributed by atoms with Crippen molar-refractivity contribution in [3.63, 3.8) is 0 Å². The maximum Gasteiger partial charge on any atom is 0.224 e. The molecule has 132 valence electrons. The normalized spacial score (nSPS) is 20.2. The van der Waals surface area contributed by atoms with Crippen molar-refractivity contribution >= 4 is 17.3 Å². The van der Waals surface area contributed by atoms with Crippen molar-refractivity contribution in [2.75, 3.05) is 36.5 Å². The molecule has 4 heteroatoms. The van der Waals surface area contributed by atoms with Crippen molar-refractivity contribution in [1.82, 2.24) is 0 Å². The van der Waals surface area contributed by atoms with Crippen molar-refractivity contribution < 1.29 is 9.53 Å². The van der Waals surface area contributed by atoms with Gasteiger partial charge in [0.05, 0.1) is 6.61 Å². The lowest BCUT2D eigenvalue weighted by molar-refractivity contribution is -0.117. The molecular formula is C20H30N2O2. The second-order valence-electron chi connectivity index (χ2n) is 7.11. The monoisotopic (exact) mass is 330 g/mol. The van der Waals surface area contributed by atoms with Gasteiger partial charge in [-0.05, 0) is 49.4 Å². The number of hydrogen-bond acceptors (Lipinski definition) is 3. The summed E-state index contributed by atoms with van der Waals surface area (Å²) in [6.45, 7) is 3.62. The average molecular weight is 330 g/mol. The quantitative estimate of drug-likeness (QED) is 0.841. The van der Waals surface area contributed by atoms with E-state index in [0.29, 0.717) is 12.3 Å². The molecule has 1 amide bonds. The topological polar surface area (TPSA) is 41.6 Å². The maximum atomic E-state index is 12.3. The molecule has 24 heavy (non-hydrogen) atoms. The smallest absolute Gasteiger partial charge is 0.224 e. The third-order valence-corrected chi connectivity index (χ3v) is 5.19. The molecule has 1 N–H and O–H groups in total. The zero-order valence-electron chi connectivity index (χ0n) is 14.6. The molecular weight excluding hydrogens is 300 g/mol. The number of carbonyl (C=O) groups excluding carboxylic acids is 1. The van der Waals surface area contributed by atoms with Crippen LogP contribution >= 0.6 is 0 Å². The highest BCUT2D eigenvalue weighted by Crippen LogP contribution is 2.26. The Morgan fingerprint density at radius 3 is 2.50 bits per heavy atom. The van der Waals surface area contributed by atoms with Gasteiger partial charge in [-0.15, -0.1) is 0 Å². The first-order valence-corrected chi connectivity index (χ1v) is 9.54. The molecule has 0 radical (unpaired) electrons. The van der Waals surface area contributed by atoms with Crippen LogP contribution in [0.3, 0.4) is 0 Å². The number of ether oxygens (including phenoxy) is 1. The van der Waals surface area contributed by atoms with Crippen molar-refractivity contribution in [2.24, 2.45) is 5.92 Å². The lowest BCUT2D eigenvalue weighted by Gasteiger charge is -2.22. The second-order valence-corrected chi connectivity index (χ2v) is 7.11. The molecule has 3 rings (SSSR count). The van der Waals surface area contributed by atoms with Gasteiger partial charge in [0.25, 0.3) is 0 Å². The number of rotatable bonds is 4. The lowest BCUT2D eigenvalue weighted by Crippen LogP contribution is -2.25. The highest BCUT2D eigenvalue weighted by molar-refractivity contribution is 5.91. The Labute approximate surface area is 145 Å². The third kappa shape index (κ3) is 5.23. The molecule has 1 aliphatic carbocycles. The van der Waals surface area contributed by atoms with Crippen LogP contribution in [0, 0.1) is 5.92 Å². The van der Waals surface area contributed by atoms with E-state index in [1.807, 2.05) is 12.1 Å². The summed E-state index contributed by atoms with van der Waals surface area (Å²) in [4.78, 5) is 14.6. The number of nitrogens with one attached hydrogen (secondary N) is 1. The summed E-state index contributed by atoms with van der Waals surface area (Å²) in [7, 11) is 0. The van der Waals surface area contributed by atoms with Crippen LogP contribution in [0.4, 0.5) is 11.4 Å². The van der Waals surface area contributed by atoms with E-state index in [4.69, 9.17) is 4.74 Å². The van der Waals surface area contributed by atoms with Crippen LogP contribution in [-0.2, 0) is 9.53 Å². The van der Waals surface area contributed by atoms with Crippen LogP contribution in [-0.4, -0.2) is 32.2 Å². The summed E-state index contributed by atoms with van der Waals surface area (Å²) in [5, 5.41) is 3.07. The van der Waals surface area contributed by atoms with E-state index in [1.165, 1.54) is 44.2 Å². The molecule has 1 aliphatic heterocycles. The van der Waals surface area contributed by atoms with E-state index in [0.717, 1.165) is 38.4 Å². The third-order valence-electron chi connectivity index (χ3n) is 5.19. The number of hydrogen-bond donors (Lipinski definition) is 1. The van der Waals surface area contributed by atoms with E-state index in [1.54, 1.807) is 0 Å². The van der Waals surface area contributed by atoms with Gasteiger partial charge in [-0.3, -0.25) is 4.79 Å². The summed E-state index contributed by atoms with van der Waals surface area (Å²) in [5.74, 6) is 0.738. The van der Waals surface area contributed by atoms with Crippen LogP contribution in [0.5, 0.6) is 0 Å². The van der Waals surface area contributed by atoms with Crippen molar-refractivity contribution in [3.05, 3.63) is 24.3 Å². The van der Waals surface area contributed by atoms with Crippen LogP contribution in [0.15, 0.2) is 24.3 Å². The summed E-state index contributed by atoms with van der Waals surface area (Å²) in [6, 6.07) is 8.25. The fourth-order valence-electron chi connectivity index (χ4n) is 3.80. The van der Waals surface area contributed by atoms with Gasteiger partial charge in [-0.1, -0.05) is 25.7 Å². The highest BCUT2D eigenvalue weighted by Gasteiger charge is 2.16. The minimum atomic E-state index is 0.165. The molecule has 2 aliphatic rings. The fraction of sp³-hybridized carbons (Fsp3) is 0.650. The van der Waals surface area contributed by atoms with Crippen LogP contribution in [0.25, 0.3) is 0 Å². The zero-order chi connectivity index (χ0) is 16.6. The Kier molecular flexibility index (Phi) is 6.53. The first-order chi connectivity index (χ1) is 11.8.